The fourth-order valence-electron chi connectivity index (χ4n) is 2.87. The van der Waals surface area contributed by atoms with Gasteiger partial charge in [0, 0.05) is 13.0 Å². The van der Waals surface area contributed by atoms with Crippen LogP contribution in [-0.4, -0.2) is 18.5 Å². The van der Waals surface area contributed by atoms with Gasteiger partial charge in [0.2, 0.25) is 0 Å². The van der Waals surface area contributed by atoms with Crippen molar-refractivity contribution in [1.82, 2.24) is 5.32 Å². The van der Waals surface area contributed by atoms with E-state index in [9.17, 15) is 8.78 Å². The topological polar surface area (TPSA) is 12.0 Å². The van der Waals surface area contributed by atoms with Crippen LogP contribution in [-0.2, 0) is 0 Å². The number of rotatable bonds is 3. The summed E-state index contributed by atoms with van der Waals surface area (Å²) in [6.45, 7) is 3.05. The molecule has 2 saturated carbocycles. The van der Waals surface area contributed by atoms with Crippen LogP contribution in [0.3, 0.4) is 0 Å². The number of hydrogen-bond acceptors (Lipinski definition) is 1. The third-order valence-corrected chi connectivity index (χ3v) is 3.96. The molecule has 0 heterocycles. The molecule has 3 atom stereocenters. The summed E-state index contributed by atoms with van der Waals surface area (Å²) in [4.78, 5) is 0. The largest absolute Gasteiger partial charge is 0.308 e. The van der Waals surface area contributed by atoms with E-state index in [1.807, 2.05) is 0 Å². The molecule has 1 nitrogen and oxygen atoms in total. The second kappa shape index (κ2) is 3.16. The molecule has 3 heteroatoms. The van der Waals surface area contributed by atoms with Crippen molar-refractivity contribution in [2.24, 2.45) is 11.3 Å². The van der Waals surface area contributed by atoms with Crippen LogP contribution >= 0.6 is 0 Å². The van der Waals surface area contributed by atoms with Crippen LogP contribution in [0, 0.1) is 11.3 Å². The van der Waals surface area contributed by atoms with E-state index < -0.39 is 5.92 Å². The lowest BCUT2D eigenvalue weighted by Gasteiger charge is -2.31. The molecule has 0 aromatic carbocycles. The van der Waals surface area contributed by atoms with Gasteiger partial charge >= 0.3 is 0 Å². The molecule has 0 aliphatic heterocycles. The first kappa shape index (κ1) is 10.3. The predicted octanol–water partition coefficient (Wildman–Crippen LogP) is 2.81. The highest BCUT2D eigenvalue weighted by atomic mass is 19.3. The molecule has 1 N–H and O–H groups in total. The van der Waals surface area contributed by atoms with E-state index in [0.717, 1.165) is 19.3 Å². The summed E-state index contributed by atoms with van der Waals surface area (Å²) in [5, 5.41) is 3.04. The Morgan fingerprint density at radius 3 is 2.79 bits per heavy atom. The molecule has 0 aromatic rings. The molecule has 14 heavy (non-hydrogen) atoms. The Morgan fingerprint density at radius 2 is 2.14 bits per heavy atom. The van der Waals surface area contributed by atoms with Crippen LogP contribution in [0.5, 0.6) is 0 Å². The fraction of sp³-hybridized carbons (Fsp3) is 1.00. The minimum Gasteiger partial charge on any atom is -0.308 e. The summed E-state index contributed by atoms with van der Waals surface area (Å²) in [5.41, 5.74) is 0.337. The lowest BCUT2D eigenvalue weighted by molar-refractivity contribution is 0.0157. The Hall–Kier alpha value is -0.180. The van der Waals surface area contributed by atoms with Crippen LogP contribution in [0.25, 0.3) is 0 Å². The van der Waals surface area contributed by atoms with Gasteiger partial charge in [-0.3, -0.25) is 0 Å². The van der Waals surface area contributed by atoms with Gasteiger partial charge in [0.1, 0.15) is 0 Å². The number of hydrogen-bond donors (Lipinski definition) is 1. The van der Waals surface area contributed by atoms with E-state index in [1.165, 1.54) is 19.3 Å². The summed E-state index contributed by atoms with van der Waals surface area (Å²) in [7, 11) is 0. The maximum atomic E-state index is 12.7. The first-order valence-electron chi connectivity index (χ1n) is 5.53. The summed E-state index contributed by atoms with van der Waals surface area (Å²) < 4.78 is 25.4. The number of halogens is 2. The zero-order valence-electron chi connectivity index (χ0n) is 8.95. The van der Waals surface area contributed by atoms with E-state index in [4.69, 9.17) is 0 Å². The number of nitrogens with one attached hydrogen (secondary N) is 1. The van der Waals surface area contributed by atoms with Gasteiger partial charge in [-0.15, -0.1) is 0 Å². The third-order valence-electron chi connectivity index (χ3n) is 3.96. The lowest BCUT2D eigenvalue weighted by Crippen LogP contribution is -2.44. The molecule has 82 valence electrons. The molecule has 2 aliphatic carbocycles. The van der Waals surface area contributed by atoms with Gasteiger partial charge in [-0.2, -0.15) is 0 Å². The van der Waals surface area contributed by atoms with Crippen molar-refractivity contribution in [3.63, 3.8) is 0 Å². The second-order valence-corrected chi connectivity index (χ2v) is 5.34. The first-order chi connectivity index (χ1) is 6.42. The molecular formula is C11H19F2N. The van der Waals surface area contributed by atoms with E-state index in [-0.39, 0.29) is 6.54 Å². The third kappa shape index (κ3) is 1.92. The number of alkyl halides is 2. The summed E-state index contributed by atoms with van der Waals surface area (Å²) in [6.07, 6.45) is 4.81. The van der Waals surface area contributed by atoms with Crippen molar-refractivity contribution < 1.29 is 8.78 Å². The minimum absolute atomic E-state index is 0.167. The fourth-order valence-corrected chi connectivity index (χ4v) is 2.87. The molecule has 2 rings (SSSR count). The minimum atomic E-state index is -2.57. The van der Waals surface area contributed by atoms with Crippen LogP contribution in [0.1, 0.15) is 39.5 Å². The quantitative estimate of drug-likeness (QED) is 0.743. The zero-order chi connectivity index (χ0) is 10.4. The monoisotopic (exact) mass is 203 g/mol. The van der Waals surface area contributed by atoms with E-state index in [0.29, 0.717) is 11.5 Å². The normalized spacial score (nSPS) is 42.0. The van der Waals surface area contributed by atoms with Gasteiger partial charge in [-0.05, 0) is 30.6 Å². The van der Waals surface area contributed by atoms with E-state index in [2.05, 4.69) is 12.2 Å². The summed E-state index contributed by atoms with van der Waals surface area (Å²) in [5.74, 6) is -1.77. The Balaban J connectivity index is 1.86. The van der Waals surface area contributed by atoms with Crippen molar-refractivity contribution in [2.45, 2.75) is 51.5 Å². The SMILES string of the molecule is CC(F)(F)CNC1CCCC2CC21C. The Labute approximate surface area is 84.3 Å². The van der Waals surface area contributed by atoms with Crippen molar-refractivity contribution in [3.8, 4) is 0 Å². The molecule has 0 radical (unpaired) electrons. The molecule has 0 saturated heterocycles. The molecular weight excluding hydrogens is 184 g/mol. The van der Waals surface area contributed by atoms with Gasteiger partial charge in [-0.25, -0.2) is 8.78 Å². The van der Waals surface area contributed by atoms with Crippen LogP contribution < -0.4 is 5.32 Å². The number of fused-ring (bicyclic) bond motifs is 1. The average molecular weight is 203 g/mol. The van der Waals surface area contributed by atoms with Crippen LogP contribution in [0.4, 0.5) is 8.78 Å². The standard InChI is InChI=1S/C11H19F2N/c1-10-6-8(10)4-3-5-9(10)14-7-11(2,12)13/h8-9,14H,3-7H2,1-2H3. The van der Waals surface area contributed by atoms with Gasteiger partial charge in [-0.1, -0.05) is 13.3 Å². The average Bonchev–Trinajstić information content (AvgIpc) is 2.71. The second-order valence-electron chi connectivity index (χ2n) is 5.34. The smallest absolute Gasteiger partial charge is 0.257 e. The van der Waals surface area contributed by atoms with Crippen molar-refractivity contribution in [3.05, 3.63) is 0 Å². The van der Waals surface area contributed by atoms with Crippen molar-refractivity contribution in [2.75, 3.05) is 6.54 Å². The molecule has 3 unspecified atom stereocenters. The first-order valence-corrected chi connectivity index (χ1v) is 5.53. The van der Waals surface area contributed by atoms with E-state index in [1.54, 1.807) is 0 Å². The molecule has 0 amide bonds. The van der Waals surface area contributed by atoms with Gasteiger partial charge in [0.05, 0.1) is 6.54 Å². The molecule has 0 spiro atoms. The van der Waals surface area contributed by atoms with E-state index >= 15 is 0 Å². The zero-order valence-corrected chi connectivity index (χ0v) is 8.95. The van der Waals surface area contributed by atoms with Crippen molar-refractivity contribution in [1.29, 1.82) is 0 Å². The molecule has 2 fully saturated rings. The Bertz CT molecular complexity index is 224. The molecule has 2 aliphatic rings. The van der Waals surface area contributed by atoms with Crippen LogP contribution in [0.2, 0.25) is 0 Å². The van der Waals surface area contributed by atoms with Gasteiger partial charge < -0.3 is 5.32 Å². The molecule has 0 bridgehead atoms. The Morgan fingerprint density at radius 1 is 1.43 bits per heavy atom. The highest BCUT2D eigenvalue weighted by molar-refractivity contribution is 5.08. The lowest BCUT2D eigenvalue weighted by atomic mass is 9.85. The molecule has 0 aromatic heterocycles. The van der Waals surface area contributed by atoms with Crippen LogP contribution in [0.15, 0.2) is 0 Å². The summed E-state index contributed by atoms with van der Waals surface area (Å²) in [6, 6.07) is 0.326. The maximum absolute atomic E-state index is 12.7. The maximum Gasteiger partial charge on any atom is 0.257 e. The summed E-state index contributed by atoms with van der Waals surface area (Å²) >= 11 is 0. The highest BCUT2D eigenvalue weighted by Gasteiger charge is 2.56. The van der Waals surface area contributed by atoms with Gasteiger partial charge in [0.25, 0.3) is 5.92 Å². The Kier molecular flexibility index (Phi) is 2.33. The predicted molar refractivity (Wildman–Crippen MR) is 52.5 cm³/mol. The highest BCUT2D eigenvalue weighted by Crippen LogP contribution is 2.60. The van der Waals surface area contributed by atoms with Crippen molar-refractivity contribution >= 4 is 0 Å². The van der Waals surface area contributed by atoms with Gasteiger partial charge in [0.15, 0.2) is 0 Å².